The van der Waals surface area contributed by atoms with Gasteiger partial charge in [-0.05, 0) is 25.7 Å². The number of hydrogen-bond acceptors (Lipinski definition) is 4. The molecule has 0 aromatic heterocycles. The van der Waals surface area contributed by atoms with E-state index in [1.165, 1.54) is 0 Å². The highest BCUT2D eigenvalue weighted by Crippen LogP contribution is 2.30. The Kier molecular flexibility index (Phi) is 3.73. The third kappa shape index (κ3) is 3.00. The fourth-order valence-corrected chi connectivity index (χ4v) is 1.73. The van der Waals surface area contributed by atoms with E-state index in [1.807, 2.05) is 0 Å². The highest BCUT2D eigenvalue weighted by atomic mass is 16.4. The van der Waals surface area contributed by atoms with Crippen LogP contribution in [0.15, 0.2) is 0 Å². The van der Waals surface area contributed by atoms with E-state index in [9.17, 15) is 0 Å². The molecule has 1 fully saturated rings. The average molecular weight is 182 g/mol. The number of nitrogens with zero attached hydrogens (tertiary/aromatic N) is 1. The van der Waals surface area contributed by atoms with Crippen LogP contribution < -0.4 is 5.32 Å². The van der Waals surface area contributed by atoms with Crippen LogP contribution >= 0.6 is 0 Å². The van der Waals surface area contributed by atoms with Crippen LogP contribution in [0.1, 0.15) is 19.3 Å². The van der Waals surface area contributed by atoms with Crippen molar-refractivity contribution in [3.63, 3.8) is 0 Å². The Bertz CT molecular complexity index is 197. The molecule has 0 bridgehead atoms. The van der Waals surface area contributed by atoms with Crippen LogP contribution in [0.4, 0.5) is 0 Å². The summed E-state index contributed by atoms with van der Waals surface area (Å²) in [6, 6.07) is 2.33. The van der Waals surface area contributed by atoms with Crippen molar-refractivity contribution >= 4 is 7.12 Å². The SMILES string of the molecule is N#C[C@@]1(CCCB(O)O)CCNC1. The Labute approximate surface area is 78.7 Å². The first kappa shape index (κ1) is 10.5. The number of nitriles is 1. The van der Waals surface area contributed by atoms with E-state index in [0.717, 1.165) is 25.9 Å². The molecule has 3 N–H and O–H groups in total. The highest BCUT2D eigenvalue weighted by Gasteiger charge is 2.33. The van der Waals surface area contributed by atoms with Crippen LogP contribution in [0.25, 0.3) is 0 Å². The summed E-state index contributed by atoms with van der Waals surface area (Å²) in [6.07, 6.45) is 2.70. The number of rotatable bonds is 4. The molecule has 0 unspecified atom stereocenters. The minimum atomic E-state index is -1.23. The van der Waals surface area contributed by atoms with Crippen LogP contribution in [0.3, 0.4) is 0 Å². The van der Waals surface area contributed by atoms with Gasteiger partial charge in [0.15, 0.2) is 0 Å². The topological polar surface area (TPSA) is 76.3 Å². The molecule has 0 radical (unpaired) electrons. The summed E-state index contributed by atoms with van der Waals surface area (Å²) in [7, 11) is -1.23. The van der Waals surface area contributed by atoms with Crippen LogP contribution in [0, 0.1) is 16.7 Å². The maximum atomic E-state index is 8.97. The molecule has 5 heteroatoms. The minimum Gasteiger partial charge on any atom is -0.427 e. The van der Waals surface area contributed by atoms with Gasteiger partial charge in [-0.3, -0.25) is 0 Å². The predicted molar refractivity (Wildman–Crippen MR) is 49.8 cm³/mol. The first-order valence-electron chi connectivity index (χ1n) is 4.67. The minimum absolute atomic E-state index is 0.255. The highest BCUT2D eigenvalue weighted by molar-refractivity contribution is 6.40. The Morgan fingerprint density at radius 3 is 2.77 bits per heavy atom. The van der Waals surface area contributed by atoms with Crippen molar-refractivity contribution in [1.82, 2.24) is 5.32 Å². The summed E-state index contributed by atoms with van der Waals surface area (Å²) in [5, 5.41) is 29.4. The van der Waals surface area contributed by atoms with Gasteiger partial charge in [0.1, 0.15) is 0 Å². The number of nitrogens with one attached hydrogen (secondary N) is 1. The lowest BCUT2D eigenvalue weighted by Crippen LogP contribution is -2.22. The van der Waals surface area contributed by atoms with Gasteiger partial charge in [-0.2, -0.15) is 5.26 Å². The lowest BCUT2D eigenvalue weighted by molar-refractivity contribution is 0.372. The van der Waals surface area contributed by atoms with Gasteiger partial charge >= 0.3 is 7.12 Å². The molecule has 0 spiro atoms. The molecule has 0 amide bonds. The second-order valence-electron chi connectivity index (χ2n) is 3.69. The standard InChI is InChI=1S/C8H15BN2O2/c10-6-8(3-5-11-7-8)2-1-4-9(12)13/h11-13H,1-5,7H2/t8-/m1/s1. The van der Waals surface area contributed by atoms with Crippen molar-refractivity contribution in [2.24, 2.45) is 5.41 Å². The van der Waals surface area contributed by atoms with Crippen molar-refractivity contribution in [2.45, 2.75) is 25.6 Å². The van der Waals surface area contributed by atoms with E-state index < -0.39 is 7.12 Å². The molecule has 0 saturated carbocycles. The number of hydrogen-bond donors (Lipinski definition) is 3. The lowest BCUT2D eigenvalue weighted by Gasteiger charge is -2.18. The maximum Gasteiger partial charge on any atom is 0.451 e. The molecule has 13 heavy (non-hydrogen) atoms. The van der Waals surface area contributed by atoms with Gasteiger partial charge in [0, 0.05) is 6.54 Å². The monoisotopic (exact) mass is 182 g/mol. The zero-order valence-electron chi connectivity index (χ0n) is 7.66. The Morgan fingerprint density at radius 1 is 1.54 bits per heavy atom. The van der Waals surface area contributed by atoms with Crippen molar-refractivity contribution in [2.75, 3.05) is 13.1 Å². The van der Waals surface area contributed by atoms with Gasteiger partial charge in [-0.15, -0.1) is 0 Å². The van der Waals surface area contributed by atoms with Crippen molar-refractivity contribution < 1.29 is 10.0 Å². The lowest BCUT2D eigenvalue weighted by atomic mass is 9.77. The third-order valence-corrected chi connectivity index (χ3v) is 2.60. The molecular formula is C8H15BN2O2. The summed E-state index contributed by atoms with van der Waals surface area (Å²) in [4.78, 5) is 0. The summed E-state index contributed by atoms with van der Waals surface area (Å²) < 4.78 is 0. The van der Waals surface area contributed by atoms with Crippen LogP contribution in [-0.4, -0.2) is 30.3 Å². The van der Waals surface area contributed by atoms with Crippen molar-refractivity contribution in [1.29, 1.82) is 5.26 Å². The molecule has 1 rings (SSSR count). The van der Waals surface area contributed by atoms with Crippen molar-refractivity contribution in [3.05, 3.63) is 0 Å². The molecule has 72 valence electrons. The average Bonchev–Trinajstić information content (AvgIpc) is 2.53. The molecule has 1 saturated heterocycles. The summed E-state index contributed by atoms with van der Waals surface area (Å²) in [6.45, 7) is 1.64. The zero-order chi connectivity index (χ0) is 9.73. The predicted octanol–water partition coefficient (Wildman–Crippen LogP) is -0.257. The largest absolute Gasteiger partial charge is 0.451 e. The summed E-state index contributed by atoms with van der Waals surface area (Å²) in [5.41, 5.74) is -0.255. The Balaban J connectivity index is 2.29. The van der Waals surface area contributed by atoms with E-state index in [4.69, 9.17) is 15.3 Å². The van der Waals surface area contributed by atoms with E-state index in [-0.39, 0.29) is 5.41 Å². The fourth-order valence-electron chi connectivity index (χ4n) is 1.73. The van der Waals surface area contributed by atoms with E-state index in [1.54, 1.807) is 0 Å². The first-order valence-corrected chi connectivity index (χ1v) is 4.67. The second-order valence-corrected chi connectivity index (χ2v) is 3.69. The van der Waals surface area contributed by atoms with Gasteiger partial charge in [0.25, 0.3) is 0 Å². The van der Waals surface area contributed by atoms with Crippen LogP contribution in [-0.2, 0) is 0 Å². The van der Waals surface area contributed by atoms with Gasteiger partial charge < -0.3 is 15.4 Å². The normalized spacial score (nSPS) is 27.2. The molecule has 1 heterocycles. The van der Waals surface area contributed by atoms with E-state index in [2.05, 4.69) is 11.4 Å². The molecule has 0 aromatic rings. The van der Waals surface area contributed by atoms with Gasteiger partial charge in [0.2, 0.25) is 0 Å². The third-order valence-electron chi connectivity index (χ3n) is 2.60. The first-order chi connectivity index (χ1) is 6.18. The second kappa shape index (κ2) is 4.61. The van der Waals surface area contributed by atoms with Crippen LogP contribution in [0.2, 0.25) is 6.32 Å². The smallest absolute Gasteiger partial charge is 0.427 e. The van der Waals surface area contributed by atoms with E-state index >= 15 is 0 Å². The Morgan fingerprint density at radius 2 is 2.31 bits per heavy atom. The van der Waals surface area contributed by atoms with Gasteiger partial charge in [-0.25, -0.2) is 0 Å². The Hall–Kier alpha value is -0.565. The summed E-state index contributed by atoms with van der Waals surface area (Å²) >= 11 is 0. The van der Waals surface area contributed by atoms with Gasteiger partial charge in [-0.1, -0.05) is 6.42 Å². The quantitative estimate of drug-likeness (QED) is 0.523. The van der Waals surface area contributed by atoms with Crippen LogP contribution in [0.5, 0.6) is 0 Å². The zero-order valence-corrected chi connectivity index (χ0v) is 7.66. The molecule has 0 aliphatic carbocycles. The molecule has 1 aliphatic heterocycles. The van der Waals surface area contributed by atoms with Crippen molar-refractivity contribution in [3.8, 4) is 6.07 Å². The molecule has 1 atom stereocenters. The van der Waals surface area contributed by atoms with E-state index in [0.29, 0.717) is 12.7 Å². The molecule has 4 nitrogen and oxygen atoms in total. The van der Waals surface area contributed by atoms with Gasteiger partial charge in [0.05, 0.1) is 11.5 Å². The summed E-state index contributed by atoms with van der Waals surface area (Å²) in [5.74, 6) is 0. The molecule has 1 aliphatic rings. The maximum absolute atomic E-state index is 8.97. The fraction of sp³-hybridized carbons (Fsp3) is 0.875. The molecule has 0 aromatic carbocycles. The molecular weight excluding hydrogens is 167 g/mol.